The van der Waals surface area contributed by atoms with E-state index >= 15 is 0 Å². The highest BCUT2D eigenvalue weighted by atomic mass is 127. The molecule has 1 heterocycles. The number of likely N-dealkylation sites (N-methyl/N-ethyl adjacent to an activating group) is 1. The molecule has 1 saturated heterocycles. The molecule has 0 aliphatic carbocycles. The van der Waals surface area contributed by atoms with Crippen LogP contribution in [0.3, 0.4) is 0 Å². The quantitative estimate of drug-likeness (QED) is 0.258. The molecule has 1 fully saturated rings. The molecule has 3 rings (SSSR count). The lowest BCUT2D eigenvalue weighted by atomic mass is 9.96. The summed E-state index contributed by atoms with van der Waals surface area (Å²) in [5, 5.41) is 17.2. The number of anilines is 1. The van der Waals surface area contributed by atoms with Crippen molar-refractivity contribution < 1.29 is 9.50 Å². The SMILES string of the molecule is CCNC(=NCc1ccc(N2CCN(CC)CC2)c(F)c1)NCC(C)(O)c1ccccc1.I. The molecule has 182 valence electrons. The molecule has 0 aromatic heterocycles. The van der Waals surface area contributed by atoms with Crippen molar-refractivity contribution >= 4 is 35.6 Å². The van der Waals surface area contributed by atoms with Crippen LogP contribution in [0.5, 0.6) is 0 Å². The minimum absolute atomic E-state index is 0. The van der Waals surface area contributed by atoms with Gasteiger partial charge in [-0.2, -0.15) is 0 Å². The fraction of sp³-hybridized carbons (Fsp3) is 0.480. The van der Waals surface area contributed by atoms with Gasteiger partial charge in [-0.05, 0) is 43.7 Å². The zero-order valence-electron chi connectivity index (χ0n) is 19.9. The maximum atomic E-state index is 14.8. The largest absolute Gasteiger partial charge is 0.384 e. The van der Waals surface area contributed by atoms with E-state index in [4.69, 9.17) is 0 Å². The lowest BCUT2D eigenvalue weighted by Gasteiger charge is -2.35. The highest BCUT2D eigenvalue weighted by Crippen LogP contribution is 2.22. The molecule has 2 aromatic rings. The fourth-order valence-electron chi connectivity index (χ4n) is 3.88. The highest BCUT2D eigenvalue weighted by molar-refractivity contribution is 14.0. The Morgan fingerprint density at radius 2 is 1.76 bits per heavy atom. The Morgan fingerprint density at radius 3 is 2.36 bits per heavy atom. The van der Waals surface area contributed by atoms with Crippen molar-refractivity contribution in [3.63, 3.8) is 0 Å². The van der Waals surface area contributed by atoms with Gasteiger partial charge < -0.3 is 25.5 Å². The zero-order chi connectivity index (χ0) is 23.0. The summed E-state index contributed by atoms with van der Waals surface area (Å²) in [6.07, 6.45) is 0. The number of benzene rings is 2. The monoisotopic (exact) mass is 569 g/mol. The summed E-state index contributed by atoms with van der Waals surface area (Å²) >= 11 is 0. The van der Waals surface area contributed by atoms with E-state index in [1.807, 2.05) is 49.4 Å². The van der Waals surface area contributed by atoms with Gasteiger partial charge in [-0.25, -0.2) is 9.38 Å². The van der Waals surface area contributed by atoms with Crippen LogP contribution in [0.4, 0.5) is 10.1 Å². The van der Waals surface area contributed by atoms with Crippen LogP contribution >= 0.6 is 24.0 Å². The molecule has 0 radical (unpaired) electrons. The molecule has 2 aromatic carbocycles. The van der Waals surface area contributed by atoms with Crippen molar-refractivity contribution in [2.75, 3.05) is 50.7 Å². The number of halogens is 2. The van der Waals surface area contributed by atoms with Crippen LogP contribution in [0.2, 0.25) is 0 Å². The number of hydrogen-bond acceptors (Lipinski definition) is 4. The van der Waals surface area contributed by atoms with Gasteiger partial charge in [0.05, 0.1) is 18.8 Å². The molecular weight excluding hydrogens is 532 g/mol. The van der Waals surface area contributed by atoms with Crippen molar-refractivity contribution in [2.24, 2.45) is 4.99 Å². The molecule has 1 aliphatic heterocycles. The second-order valence-corrected chi connectivity index (χ2v) is 8.40. The van der Waals surface area contributed by atoms with Gasteiger partial charge >= 0.3 is 0 Å². The lowest BCUT2D eigenvalue weighted by molar-refractivity contribution is 0.0617. The van der Waals surface area contributed by atoms with Crippen molar-refractivity contribution in [3.05, 3.63) is 65.5 Å². The Balaban J connectivity index is 0.00000385. The maximum Gasteiger partial charge on any atom is 0.191 e. The lowest BCUT2D eigenvalue weighted by Crippen LogP contribution is -2.46. The number of aliphatic imine (C=N–C) groups is 1. The number of hydrogen-bond donors (Lipinski definition) is 3. The first-order valence-corrected chi connectivity index (χ1v) is 11.5. The molecule has 1 atom stereocenters. The van der Waals surface area contributed by atoms with E-state index in [9.17, 15) is 9.50 Å². The van der Waals surface area contributed by atoms with Gasteiger partial charge in [0.15, 0.2) is 5.96 Å². The average molecular weight is 570 g/mol. The topological polar surface area (TPSA) is 63.1 Å². The van der Waals surface area contributed by atoms with Gasteiger partial charge in [-0.3, -0.25) is 0 Å². The molecule has 1 unspecified atom stereocenters. The van der Waals surface area contributed by atoms with E-state index in [0.29, 0.717) is 31.3 Å². The summed E-state index contributed by atoms with van der Waals surface area (Å²) < 4.78 is 14.8. The summed E-state index contributed by atoms with van der Waals surface area (Å²) in [6, 6.07) is 14.9. The number of nitrogens with one attached hydrogen (secondary N) is 2. The first-order chi connectivity index (χ1) is 15.4. The van der Waals surface area contributed by atoms with Crippen LogP contribution in [0.1, 0.15) is 31.9 Å². The Kier molecular flexibility index (Phi) is 10.9. The summed E-state index contributed by atoms with van der Waals surface area (Å²) in [5.41, 5.74) is 1.27. The summed E-state index contributed by atoms with van der Waals surface area (Å²) in [4.78, 5) is 9.07. The van der Waals surface area contributed by atoms with Crippen molar-refractivity contribution in [1.82, 2.24) is 15.5 Å². The normalized spacial score (nSPS) is 16.6. The zero-order valence-corrected chi connectivity index (χ0v) is 22.2. The van der Waals surface area contributed by atoms with Crippen LogP contribution in [-0.4, -0.2) is 61.8 Å². The summed E-state index contributed by atoms with van der Waals surface area (Å²) in [5.74, 6) is 0.386. The first-order valence-electron chi connectivity index (χ1n) is 11.5. The third-order valence-electron chi connectivity index (χ3n) is 5.93. The van der Waals surface area contributed by atoms with Gasteiger partial charge in [0.2, 0.25) is 0 Å². The highest BCUT2D eigenvalue weighted by Gasteiger charge is 2.23. The van der Waals surface area contributed by atoms with Crippen LogP contribution in [0.15, 0.2) is 53.5 Å². The van der Waals surface area contributed by atoms with Crippen molar-refractivity contribution in [2.45, 2.75) is 32.9 Å². The maximum absolute atomic E-state index is 14.8. The van der Waals surface area contributed by atoms with Gasteiger partial charge in [0.25, 0.3) is 0 Å². The van der Waals surface area contributed by atoms with E-state index in [0.717, 1.165) is 43.9 Å². The third kappa shape index (κ3) is 7.82. The Bertz CT molecular complexity index is 886. The minimum Gasteiger partial charge on any atom is -0.384 e. The molecule has 0 bridgehead atoms. The van der Waals surface area contributed by atoms with Gasteiger partial charge in [-0.15, -0.1) is 24.0 Å². The van der Waals surface area contributed by atoms with E-state index in [2.05, 4.69) is 32.3 Å². The molecule has 0 spiro atoms. The third-order valence-corrected chi connectivity index (χ3v) is 5.93. The van der Waals surface area contributed by atoms with Crippen molar-refractivity contribution in [3.8, 4) is 0 Å². The van der Waals surface area contributed by atoms with E-state index < -0.39 is 5.60 Å². The van der Waals surface area contributed by atoms with E-state index in [1.54, 1.807) is 13.0 Å². The Labute approximate surface area is 214 Å². The molecule has 3 N–H and O–H groups in total. The number of aliphatic hydroxyl groups is 1. The van der Waals surface area contributed by atoms with E-state index in [1.165, 1.54) is 0 Å². The summed E-state index contributed by atoms with van der Waals surface area (Å²) in [7, 11) is 0. The summed E-state index contributed by atoms with van der Waals surface area (Å²) in [6.45, 7) is 11.9. The molecule has 33 heavy (non-hydrogen) atoms. The van der Waals surface area contributed by atoms with Gasteiger partial charge in [0.1, 0.15) is 11.4 Å². The molecule has 0 amide bonds. The predicted octanol–water partition coefficient (Wildman–Crippen LogP) is 3.55. The molecule has 1 aliphatic rings. The Morgan fingerprint density at radius 1 is 1.06 bits per heavy atom. The fourth-order valence-corrected chi connectivity index (χ4v) is 3.88. The van der Waals surface area contributed by atoms with E-state index in [-0.39, 0.29) is 29.8 Å². The number of piperazine rings is 1. The van der Waals surface area contributed by atoms with Gasteiger partial charge in [-0.1, -0.05) is 43.3 Å². The minimum atomic E-state index is -1.03. The molecule has 0 saturated carbocycles. The van der Waals surface area contributed by atoms with Crippen LogP contribution in [0.25, 0.3) is 0 Å². The molecular formula is C25H37FIN5O. The average Bonchev–Trinajstić information content (AvgIpc) is 2.81. The van der Waals surface area contributed by atoms with Crippen LogP contribution < -0.4 is 15.5 Å². The van der Waals surface area contributed by atoms with Crippen molar-refractivity contribution in [1.29, 1.82) is 0 Å². The van der Waals surface area contributed by atoms with Gasteiger partial charge in [0, 0.05) is 32.7 Å². The predicted molar refractivity (Wildman–Crippen MR) is 145 cm³/mol. The number of guanidine groups is 1. The standard InChI is InChI=1S/C25H36FN5O.HI/c1-4-27-24(29-19-25(3,32)21-9-7-6-8-10-21)28-18-20-11-12-23(22(26)17-20)31-15-13-30(5-2)14-16-31;/h6-12,17,32H,4-5,13-16,18-19H2,1-3H3,(H2,27,28,29);1H. The second kappa shape index (κ2) is 13.1. The van der Waals surface area contributed by atoms with Crippen LogP contribution in [-0.2, 0) is 12.1 Å². The number of nitrogens with zero attached hydrogens (tertiary/aromatic N) is 3. The molecule has 6 nitrogen and oxygen atoms in total. The number of rotatable bonds is 8. The first kappa shape index (κ1) is 27.3. The second-order valence-electron chi connectivity index (χ2n) is 8.40. The Hall–Kier alpha value is -1.91. The molecule has 8 heteroatoms. The van der Waals surface area contributed by atoms with Crippen LogP contribution in [0, 0.1) is 5.82 Å². The smallest absolute Gasteiger partial charge is 0.191 e.